The maximum Gasteiger partial charge on any atom is 0.190 e. The number of nitrogens with zero attached hydrogens (tertiary/aromatic N) is 2. The minimum absolute atomic E-state index is 0. The number of benzene rings is 2. The van der Waals surface area contributed by atoms with Crippen LogP contribution in [0.1, 0.15) is 36.3 Å². The molecule has 0 spiro atoms. The second-order valence-electron chi connectivity index (χ2n) is 7.79. The molecular weight excluding hydrogens is 471 g/mol. The van der Waals surface area contributed by atoms with Crippen molar-refractivity contribution in [3.8, 4) is 0 Å². The fraction of sp³-hybridized carbons (Fsp3) is 0.458. The smallest absolute Gasteiger partial charge is 0.190 e. The molecule has 2 aromatic rings. The highest BCUT2D eigenvalue weighted by Gasteiger charge is 2.17. The molecule has 0 bridgehead atoms. The van der Waals surface area contributed by atoms with Gasteiger partial charge in [-0.15, -0.1) is 24.0 Å². The van der Waals surface area contributed by atoms with Gasteiger partial charge in [-0.05, 0) is 56.4 Å². The van der Waals surface area contributed by atoms with Crippen molar-refractivity contribution in [2.24, 2.45) is 10.9 Å². The van der Waals surface area contributed by atoms with Crippen LogP contribution in [0.25, 0.3) is 0 Å². The average molecular weight is 506 g/mol. The molecule has 4 nitrogen and oxygen atoms in total. The molecular formula is C24H35IN4. The molecule has 0 radical (unpaired) electrons. The second-order valence-corrected chi connectivity index (χ2v) is 7.79. The van der Waals surface area contributed by atoms with Crippen molar-refractivity contribution in [2.75, 3.05) is 40.3 Å². The van der Waals surface area contributed by atoms with Gasteiger partial charge in [0.15, 0.2) is 5.96 Å². The zero-order chi connectivity index (χ0) is 19.6. The Morgan fingerprint density at radius 2 is 1.52 bits per heavy atom. The molecule has 3 rings (SSSR count). The Hall–Kier alpha value is -1.60. The van der Waals surface area contributed by atoms with Crippen molar-refractivity contribution in [3.05, 3.63) is 71.8 Å². The van der Waals surface area contributed by atoms with Crippen LogP contribution in [0, 0.1) is 5.92 Å². The van der Waals surface area contributed by atoms with Gasteiger partial charge in [-0.3, -0.25) is 4.99 Å². The molecule has 0 unspecified atom stereocenters. The summed E-state index contributed by atoms with van der Waals surface area (Å²) in [6.07, 6.45) is 3.57. The highest BCUT2D eigenvalue weighted by Crippen LogP contribution is 2.27. The van der Waals surface area contributed by atoms with Crippen LogP contribution in [-0.4, -0.2) is 51.1 Å². The van der Waals surface area contributed by atoms with Gasteiger partial charge in [0, 0.05) is 26.1 Å². The molecule has 1 aliphatic rings. The summed E-state index contributed by atoms with van der Waals surface area (Å²) in [7, 11) is 4.07. The highest BCUT2D eigenvalue weighted by atomic mass is 127. The lowest BCUT2D eigenvalue weighted by Crippen LogP contribution is -2.42. The summed E-state index contributed by atoms with van der Waals surface area (Å²) >= 11 is 0. The quantitative estimate of drug-likeness (QED) is 0.334. The summed E-state index contributed by atoms with van der Waals surface area (Å²) in [6.45, 7) is 4.30. The zero-order valence-electron chi connectivity index (χ0n) is 17.7. The predicted molar refractivity (Wildman–Crippen MR) is 134 cm³/mol. The van der Waals surface area contributed by atoms with E-state index in [0.717, 1.165) is 31.4 Å². The molecule has 1 fully saturated rings. The molecule has 2 aromatic carbocycles. The molecule has 2 N–H and O–H groups in total. The third-order valence-electron chi connectivity index (χ3n) is 5.75. The lowest BCUT2D eigenvalue weighted by atomic mass is 9.88. The van der Waals surface area contributed by atoms with Crippen LogP contribution in [0.2, 0.25) is 0 Å². The molecule has 0 aliphatic carbocycles. The van der Waals surface area contributed by atoms with Gasteiger partial charge in [0.05, 0.1) is 0 Å². The van der Waals surface area contributed by atoms with Crippen LogP contribution < -0.4 is 10.6 Å². The van der Waals surface area contributed by atoms with Crippen molar-refractivity contribution < 1.29 is 0 Å². The number of nitrogens with one attached hydrogen (secondary N) is 2. The number of hydrogen-bond acceptors (Lipinski definition) is 2. The Morgan fingerprint density at radius 1 is 0.966 bits per heavy atom. The van der Waals surface area contributed by atoms with Gasteiger partial charge < -0.3 is 15.5 Å². The molecule has 0 aromatic heterocycles. The van der Waals surface area contributed by atoms with Crippen molar-refractivity contribution in [2.45, 2.75) is 25.2 Å². The van der Waals surface area contributed by atoms with Gasteiger partial charge in [-0.25, -0.2) is 0 Å². The number of aliphatic imine (C=N–C) groups is 1. The first-order valence-corrected chi connectivity index (χ1v) is 10.5. The number of guanidine groups is 1. The summed E-state index contributed by atoms with van der Waals surface area (Å²) in [5.74, 6) is 2.05. The fourth-order valence-electron chi connectivity index (χ4n) is 3.96. The van der Waals surface area contributed by atoms with Gasteiger partial charge in [-0.2, -0.15) is 0 Å². The molecule has 158 valence electrons. The first-order chi connectivity index (χ1) is 13.8. The van der Waals surface area contributed by atoms with Crippen LogP contribution >= 0.6 is 24.0 Å². The van der Waals surface area contributed by atoms with E-state index in [-0.39, 0.29) is 24.0 Å². The Morgan fingerprint density at radius 3 is 2.03 bits per heavy atom. The predicted octanol–water partition coefficient (Wildman–Crippen LogP) is 4.33. The van der Waals surface area contributed by atoms with E-state index in [2.05, 4.69) is 88.2 Å². The number of hydrogen-bond donors (Lipinski definition) is 2. The highest BCUT2D eigenvalue weighted by molar-refractivity contribution is 14.0. The Balaban J connectivity index is 0.00000300. The second kappa shape index (κ2) is 12.9. The largest absolute Gasteiger partial charge is 0.356 e. The fourth-order valence-corrected chi connectivity index (χ4v) is 3.96. The van der Waals surface area contributed by atoms with Crippen molar-refractivity contribution in [3.63, 3.8) is 0 Å². The van der Waals surface area contributed by atoms with E-state index in [4.69, 9.17) is 0 Å². The van der Waals surface area contributed by atoms with Crippen molar-refractivity contribution in [1.82, 2.24) is 15.5 Å². The zero-order valence-corrected chi connectivity index (χ0v) is 20.0. The first kappa shape index (κ1) is 23.7. The van der Waals surface area contributed by atoms with Crippen LogP contribution in [0.4, 0.5) is 0 Å². The van der Waals surface area contributed by atoms with E-state index < -0.39 is 0 Å². The number of likely N-dealkylation sites (tertiary alicyclic amines) is 1. The van der Waals surface area contributed by atoms with E-state index >= 15 is 0 Å². The monoisotopic (exact) mass is 506 g/mol. The van der Waals surface area contributed by atoms with Crippen LogP contribution in [0.5, 0.6) is 0 Å². The van der Waals surface area contributed by atoms with Gasteiger partial charge in [0.1, 0.15) is 0 Å². The molecule has 1 aliphatic heterocycles. The van der Waals surface area contributed by atoms with Crippen LogP contribution in [0.3, 0.4) is 0 Å². The van der Waals surface area contributed by atoms with E-state index in [1.165, 1.54) is 37.1 Å². The summed E-state index contributed by atoms with van der Waals surface area (Å²) in [6, 6.07) is 21.6. The number of halogens is 1. The third-order valence-corrected chi connectivity index (χ3v) is 5.75. The minimum atomic E-state index is 0. The van der Waals surface area contributed by atoms with E-state index in [1.54, 1.807) is 0 Å². The van der Waals surface area contributed by atoms with E-state index in [1.807, 2.05) is 7.05 Å². The van der Waals surface area contributed by atoms with Gasteiger partial charge in [0.25, 0.3) is 0 Å². The summed E-state index contributed by atoms with van der Waals surface area (Å²) in [4.78, 5) is 6.83. The standard InChI is InChI=1S/C24H34N4.HI/c1-25-24(27-19-20-14-17-28(2)18-15-20)26-16-13-23(21-9-5-3-6-10-21)22-11-7-4-8-12-22;/h3-12,20,23H,13-19H2,1-2H3,(H2,25,26,27);1H. The van der Waals surface area contributed by atoms with Gasteiger partial charge in [-0.1, -0.05) is 60.7 Å². The Kier molecular flexibility index (Phi) is 10.5. The molecule has 5 heteroatoms. The van der Waals surface area contributed by atoms with E-state index in [9.17, 15) is 0 Å². The Bertz CT molecular complexity index is 673. The normalized spacial score (nSPS) is 15.8. The van der Waals surface area contributed by atoms with Gasteiger partial charge in [0.2, 0.25) is 0 Å². The molecule has 0 saturated carbocycles. The minimum Gasteiger partial charge on any atom is -0.356 e. The molecule has 29 heavy (non-hydrogen) atoms. The SMILES string of the molecule is CN=C(NCCC(c1ccccc1)c1ccccc1)NCC1CCN(C)CC1.I. The lowest BCUT2D eigenvalue weighted by molar-refractivity contribution is 0.220. The molecule has 0 atom stereocenters. The average Bonchev–Trinajstić information content (AvgIpc) is 2.76. The molecule has 1 heterocycles. The third kappa shape index (κ3) is 7.63. The van der Waals surface area contributed by atoms with Crippen LogP contribution in [0.15, 0.2) is 65.7 Å². The summed E-state index contributed by atoms with van der Waals surface area (Å²) in [5.41, 5.74) is 2.73. The van der Waals surface area contributed by atoms with Crippen molar-refractivity contribution in [1.29, 1.82) is 0 Å². The van der Waals surface area contributed by atoms with Gasteiger partial charge >= 0.3 is 0 Å². The maximum atomic E-state index is 4.41. The summed E-state index contributed by atoms with van der Waals surface area (Å²) < 4.78 is 0. The number of rotatable bonds is 7. The van der Waals surface area contributed by atoms with Crippen LogP contribution in [-0.2, 0) is 0 Å². The lowest BCUT2D eigenvalue weighted by Gasteiger charge is -2.29. The number of piperidine rings is 1. The summed E-state index contributed by atoms with van der Waals surface area (Å²) in [5, 5.41) is 7.04. The molecule has 0 amide bonds. The van der Waals surface area contributed by atoms with Crippen molar-refractivity contribution >= 4 is 29.9 Å². The molecule has 1 saturated heterocycles. The topological polar surface area (TPSA) is 39.7 Å². The van der Waals surface area contributed by atoms with E-state index in [0.29, 0.717) is 5.92 Å². The maximum absolute atomic E-state index is 4.41. The first-order valence-electron chi connectivity index (χ1n) is 10.5. The Labute approximate surface area is 193 Å².